The number of rotatable bonds is 3. The van der Waals surface area contributed by atoms with Gasteiger partial charge in [-0.2, -0.15) is 0 Å². The fraction of sp³-hybridized carbons (Fsp3) is 0.0500. The van der Waals surface area contributed by atoms with Crippen LogP contribution >= 0.6 is 15.9 Å². The van der Waals surface area contributed by atoms with Crippen molar-refractivity contribution < 1.29 is 4.79 Å². The van der Waals surface area contributed by atoms with Crippen LogP contribution in [0.2, 0.25) is 0 Å². The first-order valence-corrected chi connectivity index (χ1v) is 8.16. The number of benzene rings is 3. The normalized spacial score (nSPS) is 10.3. The van der Waals surface area contributed by atoms with Crippen LogP contribution < -0.4 is 5.32 Å². The van der Waals surface area contributed by atoms with Gasteiger partial charge in [0.25, 0.3) is 5.91 Å². The minimum atomic E-state index is -0.0838. The van der Waals surface area contributed by atoms with Gasteiger partial charge in [0.1, 0.15) is 0 Å². The van der Waals surface area contributed by atoms with Crippen molar-refractivity contribution in [1.82, 2.24) is 0 Å². The van der Waals surface area contributed by atoms with Gasteiger partial charge in [0, 0.05) is 15.7 Å². The first-order chi connectivity index (χ1) is 11.1. The van der Waals surface area contributed by atoms with E-state index >= 15 is 0 Å². The van der Waals surface area contributed by atoms with E-state index < -0.39 is 0 Å². The standard InChI is InChI=1S/C20H16BrNO/c1-14-4-2-3-5-19(14)20(23)22-18-12-8-16(9-13-18)15-6-10-17(21)11-7-15/h2-13H,1H3,(H,22,23). The molecule has 0 aliphatic heterocycles. The molecule has 3 aromatic carbocycles. The third-order valence-electron chi connectivity index (χ3n) is 3.71. The summed E-state index contributed by atoms with van der Waals surface area (Å²) in [7, 11) is 0. The van der Waals surface area contributed by atoms with E-state index in [0.29, 0.717) is 5.56 Å². The number of hydrogen-bond donors (Lipinski definition) is 1. The van der Waals surface area contributed by atoms with Gasteiger partial charge in [0.15, 0.2) is 0 Å². The highest BCUT2D eigenvalue weighted by Crippen LogP contribution is 2.23. The molecular weight excluding hydrogens is 350 g/mol. The summed E-state index contributed by atoms with van der Waals surface area (Å²) in [5.41, 5.74) is 4.72. The zero-order valence-electron chi connectivity index (χ0n) is 12.7. The summed E-state index contributed by atoms with van der Waals surface area (Å²) in [4.78, 5) is 12.3. The molecule has 1 amide bonds. The largest absolute Gasteiger partial charge is 0.322 e. The molecule has 0 saturated heterocycles. The average molecular weight is 366 g/mol. The molecule has 0 radical (unpaired) electrons. The molecule has 23 heavy (non-hydrogen) atoms. The second-order valence-corrected chi connectivity index (χ2v) is 6.27. The van der Waals surface area contributed by atoms with Crippen LogP contribution in [0.5, 0.6) is 0 Å². The number of anilines is 1. The Morgan fingerprint density at radius 1 is 0.826 bits per heavy atom. The summed E-state index contributed by atoms with van der Waals surface area (Å²) in [5.74, 6) is -0.0838. The van der Waals surface area contributed by atoms with Crippen molar-refractivity contribution in [2.45, 2.75) is 6.92 Å². The first kappa shape index (κ1) is 15.5. The monoisotopic (exact) mass is 365 g/mol. The molecule has 2 nitrogen and oxygen atoms in total. The lowest BCUT2D eigenvalue weighted by molar-refractivity contribution is 0.102. The fourth-order valence-electron chi connectivity index (χ4n) is 2.41. The second kappa shape index (κ2) is 6.80. The van der Waals surface area contributed by atoms with E-state index in [-0.39, 0.29) is 5.91 Å². The summed E-state index contributed by atoms with van der Waals surface area (Å²) in [6.45, 7) is 1.94. The molecule has 0 atom stereocenters. The molecule has 114 valence electrons. The van der Waals surface area contributed by atoms with Gasteiger partial charge in [-0.3, -0.25) is 4.79 Å². The Hall–Kier alpha value is -2.39. The minimum absolute atomic E-state index is 0.0838. The number of carbonyl (C=O) groups excluding carboxylic acids is 1. The Bertz CT molecular complexity index is 823. The molecule has 0 aliphatic rings. The van der Waals surface area contributed by atoms with Gasteiger partial charge in [0.05, 0.1) is 0 Å². The van der Waals surface area contributed by atoms with Crippen molar-refractivity contribution >= 4 is 27.5 Å². The van der Waals surface area contributed by atoms with E-state index in [2.05, 4.69) is 33.4 Å². The maximum absolute atomic E-state index is 12.3. The number of amides is 1. The Kier molecular flexibility index (Phi) is 4.58. The molecule has 1 N–H and O–H groups in total. The van der Waals surface area contributed by atoms with Gasteiger partial charge in [-0.25, -0.2) is 0 Å². The Labute approximate surface area is 144 Å². The SMILES string of the molecule is Cc1ccccc1C(=O)Nc1ccc(-c2ccc(Br)cc2)cc1. The van der Waals surface area contributed by atoms with E-state index in [1.807, 2.05) is 67.6 Å². The molecule has 0 heterocycles. The van der Waals surface area contributed by atoms with Crippen LogP contribution in [0.1, 0.15) is 15.9 Å². The quantitative estimate of drug-likeness (QED) is 0.635. The minimum Gasteiger partial charge on any atom is -0.322 e. The van der Waals surface area contributed by atoms with E-state index in [9.17, 15) is 4.79 Å². The van der Waals surface area contributed by atoms with Crippen LogP contribution in [0.3, 0.4) is 0 Å². The molecule has 0 bridgehead atoms. The molecule has 3 aromatic rings. The molecule has 0 fully saturated rings. The summed E-state index contributed by atoms with van der Waals surface area (Å²) in [6, 6.07) is 23.6. The van der Waals surface area contributed by atoms with Crippen LogP contribution in [-0.2, 0) is 0 Å². The highest BCUT2D eigenvalue weighted by molar-refractivity contribution is 9.10. The summed E-state index contributed by atoms with van der Waals surface area (Å²) >= 11 is 3.44. The van der Waals surface area contributed by atoms with Crippen LogP contribution in [0.25, 0.3) is 11.1 Å². The number of nitrogens with one attached hydrogen (secondary N) is 1. The third kappa shape index (κ3) is 3.69. The predicted molar refractivity (Wildman–Crippen MR) is 98.7 cm³/mol. The third-order valence-corrected chi connectivity index (χ3v) is 4.24. The van der Waals surface area contributed by atoms with E-state index in [1.165, 1.54) is 0 Å². The van der Waals surface area contributed by atoms with Gasteiger partial charge in [-0.1, -0.05) is 58.4 Å². The smallest absolute Gasteiger partial charge is 0.255 e. The Morgan fingerprint density at radius 3 is 2.00 bits per heavy atom. The van der Waals surface area contributed by atoms with Crippen molar-refractivity contribution in [1.29, 1.82) is 0 Å². The number of halogens is 1. The number of aryl methyl sites for hydroxylation is 1. The Balaban J connectivity index is 1.76. The first-order valence-electron chi connectivity index (χ1n) is 7.36. The lowest BCUT2D eigenvalue weighted by atomic mass is 10.1. The average Bonchev–Trinajstić information content (AvgIpc) is 2.57. The summed E-state index contributed by atoms with van der Waals surface area (Å²) in [6.07, 6.45) is 0. The second-order valence-electron chi connectivity index (χ2n) is 5.35. The van der Waals surface area contributed by atoms with Crippen molar-refractivity contribution in [2.75, 3.05) is 5.32 Å². The van der Waals surface area contributed by atoms with Crippen molar-refractivity contribution in [2.24, 2.45) is 0 Å². The number of carbonyl (C=O) groups is 1. The van der Waals surface area contributed by atoms with Gasteiger partial charge >= 0.3 is 0 Å². The molecular formula is C20H16BrNO. The lowest BCUT2D eigenvalue weighted by Gasteiger charge is -2.08. The van der Waals surface area contributed by atoms with Gasteiger partial charge in [-0.15, -0.1) is 0 Å². The molecule has 3 heteroatoms. The molecule has 3 rings (SSSR count). The molecule has 0 aromatic heterocycles. The topological polar surface area (TPSA) is 29.1 Å². The molecule has 0 unspecified atom stereocenters. The predicted octanol–water partition coefficient (Wildman–Crippen LogP) is 5.68. The summed E-state index contributed by atoms with van der Waals surface area (Å²) in [5, 5.41) is 2.94. The zero-order valence-corrected chi connectivity index (χ0v) is 14.3. The lowest BCUT2D eigenvalue weighted by Crippen LogP contribution is -2.13. The van der Waals surface area contributed by atoms with Crippen LogP contribution in [0, 0.1) is 6.92 Å². The molecule has 0 spiro atoms. The van der Waals surface area contributed by atoms with E-state index in [1.54, 1.807) is 0 Å². The maximum Gasteiger partial charge on any atom is 0.255 e. The van der Waals surface area contributed by atoms with Crippen LogP contribution in [-0.4, -0.2) is 5.91 Å². The highest BCUT2D eigenvalue weighted by Gasteiger charge is 2.08. The van der Waals surface area contributed by atoms with Gasteiger partial charge in [0.2, 0.25) is 0 Å². The number of hydrogen-bond acceptors (Lipinski definition) is 1. The highest BCUT2D eigenvalue weighted by atomic mass is 79.9. The van der Waals surface area contributed by atoms with Gasteiger partial charge in [-0.05, 0) is 53.9 Å². The van der Waals surface area contributed by atoms with Gasteiger partial charge < -0.3 is 5.32 Å². The van der Waals surface area contributed by atoms with E-state index in [0.717, 1.165) is 26.9 Å². The maximum atomic E-state index is 12.3. The van der Waals surface area contributed by atoms with Crippen LogP contribution in [0.15, 0.2) is 77.3 Å². The fourth-order valence-corrected chi connectivity index (χ4v) is 2.68. The van der Waals surface area contributed by atoms with Crippen molar-refractivity contribution in [3.05, 3.63) is 88.4 Å². The van der Waals surface area contributed by atoms with Crippen molar-refractivity contribution in [3.63, 3.8) is 0 Å². The Morgan fingerprint density at radius 2 is 1.39 bits per heavy atom. The van der Waals surface area contributed by atoms with E-state index in [4.69, 9.17) is 0 Å². The van der Waals surface area contributed by atoms with Crippen LogP contribution in [0.4, 0.5) is 5.69 Å². The summed E-state index contributed by atoms with van der Waals surface area (Å²) < 4.78 is 1.06. The van der Waals surface area contributed by atoms with Crippen molar-refractivity contribution in [3.8, 4) is 11.1 Å². The molecule has 0 aliphatic carbocycles. The molecule has 0 saturated carbocycles. The zero-order chi connectivity index (χ0) is 16.2.